The minimum absolute atomic E-state index is 0. The first-order chi connectivity index (χ1) is 11.2. The second-order valence-corrected chi connectivity index (χ2v) is 6.07. The molecule has 0 heterocycles. The molecule has 1 N–H and O–H groups in total. The number of carboxylic acid groups (broad SMARTS) is 1. The van der Waals surface area contributed by atoms with Gasteiger partial charge in [0.25, 0.3) is 0 Å². The van der Waals surface area contributed by atoms with E-state index >= 15 is 0 Å². The minimum Gasteiger partial charge on any atom is -0.478 e. The summed E-state index contributed by atoms with van der Waals surface area (Å²) in [6.07, 6.45) is 8.49. The first-order valence-corrected chi connectivity index (χ1v) is 8.64. The molecule has 3 heteroatoms. The van der Waals surface area contributed by atoms with Crippen molar-refractivity contribution in [1.82, 2.24) is 0 Å². The van der Waals surface area contributed by atoms with E-state index in [1.807, 2.05) is 42.5 Å². The summed E-state index contributed by atoms with van der Waals surface area (Å²) in [5.41, 5.74) is 3.28. The van der Waals surface area contributed by atoms with Gasteiger partial charge in [0, 0.05) is 0 Å². The van der Waals surface area contributed by atoms with Gasteiger partial charge in [-0.05, 0) is 35.6 Å². The lowest BCUT2D eigenvalue weighted by Gasteiger charge is -2.09. The first kappa shape index (κ1) is 20.2. The second kappa shape index (κ2) is 10.9. The summed E-state index contributed by atoms with van der Waals surface area (Å²) in [4.78, 5) is 11.6. The minimum atomic E-state index is -0.853. The Labute approximate surface area is 151 Å². The maximum atomic E-state index is 11.6. The molecule has 0 saturated carbocycles. The molecule has 2 aromatic rings. The molecule has 0 aliphatic heterocycles. The second-order valence-electron chi connectivity index (χ2n) is 6.07. The number of hydrogen-bond acceptors (Lipinski definition) is 1. The summed E-state index contributed by atoms with van der Waals surface area (Å²) in [5.74, 6) is -0.853. The van der Waals surface area contributed by atoms with Gasteiger partial charge in [-0.1, -0.05) is 81.5 Å². The molecule has 2 aromatic carbocycles. The summed E-state index contributed by atoms with van der Waals surface area (Å²) in [5, 5.41) is 9.52. The molecule has 2 rings (SSSR count). The van der Waals surface area contributed by atoms with E-state index in [0.29, 0.717) is 5.56 Å². The number of unbranched alkanes of at least 4 members (excludes halogenated alkanes) is 5. The predicted octanol–water partition coefficient (Wildman–Crippen LogP) is 6.38. The Morgan fingerprint density at radius 1 is 0.917 bits per heavy atom. The smallest absolute Gasteiger partial charge is 0.336 e. The van der Waals surface area contributed by atoms with Crippen LogP contribution in [0.4, 0.5) is 0 Å². The van der Waals surface area contributed by atoms with Gasteiger partial charge in [0.15, 0.2) is 0 Å². The van der Waals surface area contributed by atoms with Crippen molar-refractivity contribution in [3.63, 3.8) is 0 Å². The molecule has 0 bridgehead atoms. The molecule has 24 heavy (non-hydrogen) atoms. The molecule has 0 aromatic heterocycles. The normalized spacial score (nSPS) is 10.2. The Balaban J connectivity index is 0.00000288. The molecule has 0 atom stereocenters. The van der Waals surface area contributed by atoms with Crippen LogP contribution in [0.2, 0.25) is 0 Å². The monoisotopic (exact) mass is 346 g/mol. The Morgan fingerprint density at radius 2 is 1.58 bits per heavy atom. The molecular formula is C21H27ClO2. The van der Waals surface area contributed by atoms with Crippen molar-refractivity contribution in [3.8, 4) is 11.1 Å². The van der Waals surface area contributed by atoms with E-state index in [1.54, 1.807) is 0 Å². The van der Waals surface area contributed by atoms with Crippen LogP contribution in [0.3, 0.4) is 0 Å². The fourth-order valence-corrected chi connectivity index (χ4v) is 2.90. The third-order valence-corrected chi connectivity index (χ3v) is 4.22. The average molecular weight is 347 g/mol. The third-order valence-electron chi connectivity index (χ3n) is 4.22. The molecule has 0 fully saturated rings. The molecule has 0 spiro atoms. The lowest BCUT2D eigenvalue weighted by atomic mass is 9.95. The van der Waals surface area contributed by atoms with Crippen LogP contribution in [0.5, 0.6) is 0 Å². The Hall–Kier alpha value is -1.80. The molecule has 0 aliphatic rings. The maximum Gasteiger partial charge on any atom is 0.336 e. The summed E-state index contributed by atoms with van der Waals surface area (Å²) in [6.45, 7) is 2.22. The predicted molar refractivity (Wildman–Crippen MR) is 103 cm³/mol. The Kier molecular flexibility index (Phi) is 9.18. The highest BCUT2D eigenvalue weighted by Crippen LogP contribution is 2.25. The molecule has 0 aliphatic carbocycles. The summed E-state index contributed by atoms with van der Waals surface area (Å²) in [7, 11) is 0. The largest absolute Gasteiger partial charge is 0.478 e. The van der Waals surface area contributed by atoms with Gasteiger partial charge < -0.3 is 5.11 Å². The zero-order chi connectivity index (χ0) is 16.5. The summed E-state index contributed by atoms with van der Waals surface area (Å²) >= 11 is 0. The standard InChI is InChI=1S/C21H26O2.ClH/c1-2-3-4-5-6-8-11-17-14-15-19(20(16-17)21(22)23)18-12-9-7-10-13-18;/h7,9-10,12-16H,2-6,8,11H2,1H3,(H,22,23);1H. The highest BCUT2D eigenvalue weighted by Gasteiger charge is 2.12. The van der Waals surface area contributed by atoms with Crippen LogP contribution in [-0.4, -0.2) is 11.1 Å². The van der Waals surface area contributed by atoms with Gasteiger partial charge in [0.1, 0.15) is 0 Å². The van der Waals surface area contributed by atoms with Crippen LogP contribution >= 0.6 is 12.4 Å². The number of aromatic carboxylic acids is 1. The summed E-state index contributed by atoms with van der Waals surface area (Å²) in [6, 6.07) is 15.6. The van der Waals surface area contributed by atoms with Crippen molar-refractivity contribution in [2.24, 2.45) is 0 Å². The van der Waals surface area contributed by atoms with E-state index < -0.39 is 5.97 Å². The lowest BCUT2D eigenvalue weighted by Crippen LogP contribution is -2.01. The molecule has 0 radical (unpaired) electrons. The van der Waals surface area contributed by atoms with Crippen LogP contribution in [0, 0.1) is 0 Å². The lowest BCUT2D eigenvalue weighted by molar-refractivity contribution is 0.0697. The zero-order valence-electron chi connectivity index (χ0n) is 14.3. The number of benzene rings is 2. The van der Waals surface area contributed by atoms with E-state index in [4.69, 9.17) is 0 Å². The van der Waals surface area contributed by atoms with Gasteiger partial charge in [-0.3, -0.25) is 0 Å². The van der Waals surface area contributed by atoms with Crippen molar-refractivity contribution in [3.05, 3.63) is 59.7 Å². The number of carboxylic acids is 1. The number of carbonyl (C=O) groups is 1. The SMILES string of the molecule is CCCCCCCCc1ccc(-c2ccccc2)c(C(=O)O)c1.Cl. The van der Waals surface area contributed by atoms with Crippen molar-refractivity contribution < 1.29 is 9.90 Å². The highest BCUT2D eigenvalue weighted by molar-refractivity contribution is 5.96. The fourth-order valence-electron chi connectivity index (χ4n) is 2.90. The van der Waals surface area contributed by atoms with E-state index in [-0.39, 0.29) is 12.4 Å². The van der Waals surface area contributed by atoms with E-state index in [0.717, 1.165) is 29.5 Å². The van der Waals surface area contributed by atoms with Crippen molar-refractivity contribution in [2.75, 3.05) is 0 Å². The number of aryl methyl sites for hydroxylation is 1. The molecule has 0 unspecified atom stereocenters. The molecule has 0 saturated heterocycles. The Morgan fingerprint density at radius 3 is 2.25 bits per heavy atom. The van der Waals surface area contributed by atoms with Crippen LogP contribution in [0.15, 0.2) is 48.5 Å². The molecular weight excluding hydrogens is 320 g/mol. The average Bonchev–Trinajstić information content (AvgIpc) is 2.58. The fraction of sp³-hybridized carbons (Fsp3) is 0.381. The molecule has 130 valence electrons. The van der Waals surface area contributed by atoms with Crippen molar-refractivity contribution in [2.45, 2.75) is 51.9 Å². The topological polar surface area (TPSA) is 37.3 Å². The van der Waals surface area contributed by atoms with Gasteiger partial charge in [-0.15, -0.1) is 12.4 Å². The van der Waals surface area contributed by atoms with Gasteiger partial charge in [0.05, 0.1) is 5.56 Å². The van der Waals surface area contributed by atoms with Gasteiger partial charge in [-0.2, -0.15) is 0 Å². The third kappa shape index (κ3) is 6.01. The van der Waals surface area contributed by atoms with Crippen LogP contribution in [-0.2, 0) is 6.42 Å². The van der Waals surface area contributed by atoms with Crippen molar-refractivity contribution in [1.29, 1.82) is 0 Å². The van der Waals surface area contributed by atoms with Crippen LogP contribution in [0.25, 0.3) is 11.1 Å². The van der Waals surface area contributed by atoms with Crippen molar-refractivity contribution >= 4 is 18.4 Å². The number of halogens is 1. The number of rotatable bonds is 9. The van der Waals surface area contributed by atoms with Crippen LogP contribution < -0.4 is 0 Å². The summed E-state index contributed by atoms with van der Waals surface area (Å²) < 4.78 is 0. The number of hydrogen-bond donors (Lipinski definition) is 1. The Bertz CT molecular complexity index is 623. The van der Waals surface area contributed by atoms with E-state index in [9.17, 15) is 9.90 Å². The highest BCUT2D eigenvalue weighted by atomic mass is 35.5. The molecule has 0 amide bonds. The zero-order valence-corrected chi connectivity index (χ0v) is 15.1. The quantitative estimate of drug-likeness (QED) is 0.535. The van der Waals surface area contributed by atoms with Gasteiger partial charge in [0.2, 0.25) is 0 Å². The molecule has 2 nitrogen and oxygen atoms in total. The van der Waals surface area contributed by atoms with Gasteiger partial charge >= 0.3 is 5.97 Å². The van der Waals surface area contributed by atoms with E-state index in [2.05, 4.69) is 13.0 Å². The van der Waals surface area contributed by atoms with Crippen LogP contribution in [0.1, 0.15) is 61.4 Å². The van der Waals surface area contributed by atoms with Gasteiger partial charge in [-0.25, -0.2) is 4.79 Å². The maximum absolute atomic E-state index is 11.6. The first-order valence-electron chi connectivity index (χ1n) is 8.64. The van der Waals surface area contributed by atoms with E-state index in [1.165, 1.54) is 32.1 Å².